The second-order valence-corrected chi connectivity index (χ2v) is 8.07. The fourth-order valence-electron chi connectivity index (χ4n) is 3.41. The molecule has 3 N–H and O–H groups in total. The molecule has 154 valence electrons. The van der Waals surface area contributed by atoms with Crippen molar-refractivity contribution in [1.29, 1.82) is 0 Å². The highest BCUT2D eigenvalue weighted by Crippen LogP contribution is 2.30. The molecular weight excluding hydrogens is 400 g/mol. The Morgan fingerprint density at radius 3 is 2.83 bits per heavy atom. The first-order chi connectivity index (χ1) is 14.6. The lowest BCUT2D eigenvalue weighted by atomic mass is 10.2. The zero-order valence-corrected chi connectivity index (χ0v) is 17.1. The molecule has 1 aromatic heterocycles. The molecule has 4 rings (SSSR count). The molecule has 2 amide bonds. The van der Waals surface area contributed by atoms with Crippen molar-refractivity contribution in [2.45, 2.75) is 25.5 Å². The first-order valence-electron chi connectivity index (χ1n) is 9.70. The van der Waals surface area contributed by atoms with Crippen LogP contribution in [0.25, 0.3) is 10.4 Å². The summed E-state index contributed by atoms with van der Waals surface area (Å²) < 4.78 is 5.40. The minimum absolute atomic E-state index is 0.181. The van der Waals surface area contributed by atoms with E-state index in [1.807, 2.05) is 54.6 Å². The summed E-state index contributed by atoms with van der Waals surface area (Å²) in [6, 6.07) is 16.4. The average Bonchev–Trinajstić information content (AvgIpc) is 3.43. The number of hydrogen-bond donors (Lipinski definition) is 2. The number of hydrogen-bond acceptors (Lipinski definition) is 6. The van der Waals surface area contributed by atoms with E-state index in [9.17, 15) is 9.59 Å². The van der Waals surface area contributed by atoms with Crippen molar-refractivity contribution in [1.82, 2.24) is 9.88 Å². The molecular formula is C22H22N4O3S. The van der Waals surface area contributed by atoms with Gasteiger partial charge in [-0.2, -0.15) is 0 Å². The summed E-state index contributed by atoms with van der Waals surface area (Å²) in [5.41, 5.74) is 8.36. The third-order valence-electron chi connectivity index (χ3n) is 4.90. The number of aromatic nitrogens is 1. The molecule has 2 aromatic carbocycles. The van der Waals surface area contributed by atoms with E-state index in [1.165, 1.54) is 16.2 Å². The van der Waals surface area contributed by atoms with E-state index in [1.54, 1.807) is 6.20 Å². The smallest absolute Gasteiger partial charge is 0.410 e. The molecule has 0 bridgehead atoms. The number of likely N-dealkylation sites (tertiary alicyclic amines) is 1. The van der Waals surface area contributed by atoms with Gasteiger partial charge in [0.05, 0.1) is 4.88 Å². The maximum Gasteiger partial charge on any atom is 0.410 e. The summed E-state index contributed by atoms with van der Waals surface area (Å²) in [4.78, 5) is 32.0. The zero-order valence-electron chi connectivity index (χ0n) is 16.3. The number of carbonyl (C=O) groups is 2. The van der Waals surface area contributed by atoms with Gasteiger partial charge < -0.3 is 15.8 Å². The Bertz CT molecular complexity index is 1040. The van der Waals surface area contributed by atoms with Gasteiger partial charge in [0.15, 0.2) is 5.13 Å². The lowest BCUT2D eigenvalue weighted by Gasteiger charge is -2.22. The number of rotatable bonds is 5. The van der Waals surface area contributed by atoms with Crippen LogP contribution in [-0.2, 0) is 16.1 Å². The van der Waals surface area contributed by atoms with E-state index in [4.69, 9.17) is 10.5 Å². The first-order valence-corrected chi connectivity index (χ1v) is 10.5. The third kappa shape index (κ3) is 4.60. The van der Waals surface area contributed by atoms with E-state index in [0.29, 0.717) is 23.8 Å². The number of ether oxygens (including phenoxy) is 1. The monoisotopic (exact) mass is 422 g/mol. The van der Waals surface area contributed by atoms with Crippen LogP contribution in [0.1, 0.15) is 18.4 Å². The number of nitrogens with zero attached hydrogens (tertiary/aromatic N) is 2. The normalized spacial score (nSPS) is 15.7. The molecule has 1 aliphatic rings. The molecule has 0 aliphatic carbocycles. The average molecular weight is 423 g/mol. The van der Waals surface area contributed by atoms with Gasteiger partial charge in [-0.25, -0.2) is 9.78 Å². The zero-order chi connectivity index (χ0) is 20.9. The van der Waals surface area contributed by atoms with Crippen LogP contribution < -0.4 is 11.1 Å². The quantitative estimate of drug-likeness (QED) is 0.603. The number of nitrogen functional groups attached to an aromatic ring is 1. The molecule has 0 spiro atoms. The lowest BCUT2D eigenvalue weighted by molar-refractivity contribution is -0.120. The molecule has 8 heteroatoms. The molecule has 1 fully saturated rings. The Morgan fingerprint density at radius 2 is 2.03 bits per heavy atom. The van der Waals surface area contributed by atoms with Crippen LogP contribution in [0.15, 0.2) is 60.8 Å². The van der Waals surface area contributed by atoms with Gasteiger partial charge in [0.1, 0.15) is 12.6 Å². The molecule has 0 unspecified atom stereocenters. The van der Waals surface area contributed by atoms with E-state index >= 15 is 0 Å². The Morgan fingerprint density at radius 1 is 1.20 bits per heavy atom. The summed E-state index contributed by atoms with van der Waals surface area (Å²) in [6.07, 6.45) is 2.58. The second-order valence-electron chi connectivity index (χ2n) is 7.04. The third-order valence-corrected chi connectivity index (χ3v) is 5.86. The minimum Gasteiger partial charge on any atom is -0.445 e. The number of carbonyl (C=O) groups excluding carboxylic acids is 2. The van der Waals surface area contributed by atoms with Gasteiger partial charge in [0, 0.05) is 18.4 Å². The van der Waals surface area contributed by atoms with E-state index in [-0.39, 0.29) is 12.5 Å². The van der Waals surface area contributed by atoms with Crippen molar-refractivity contribution >= 4 is 34.2 Å². The summed E-state index contributed by atoms with van der Waals surface area (Å²) in [6.45, 7) is 0.679. The number of nitrogens with two attached hydrogens (primary N) is 1. The summed E-state index contributed by atoms with van der Waals surface area (Å²) in [7, 11) is 0. The molecule has 7 nitrogen and oxygen atoms in total. The highest BCUT2D eigenvalue weighted by molar-refractivity contribution is 7.19. The van der Waals surface area contributed by atoms with Crippen LogP contribution in [0.4, 0.5) is 15.6 Å². The van der Waals surface area contributed by atoms with Crippen molar-refractivity contribution in [2.24, 2.45) is 0 Å². The topological polar surface area (TPSA) is 97.5 Å². The van der Waals surface area contributed by atoms with Crippen LogP contribution >= 0.6 is 11.3 Å². The van der Waals surface area contributed by atoms with E-state index < -0.39 is 12.1 Å². The lowest BCUT2D eigenvalue weighted by Crippen LogP contribution is -2.43. The van der Waals surface area contributed by atoms with Gasteiger partial charge in [0.2, 0.25) is 5.91 Å². The summed E-state index contributed by atoms with van der Waals surface area (Å²) >= 11 is 1.37. The molecule has 0 saturated carbocycles. The largest absolute Gasteiger partial charge is 0.445 e. The van der Waals surface area contributed by atoms with Gasteiger partial charge >= 0.3 is 6.09 Å². The summed E-state index contributed by atoms with van der Waals surface area (Å²) in [5, 5.41) is 3.32. The Kier molecular flexibility index (Phi) is 5.94. The number of nitrogens with one attached hydrogen (secondary N) is 1. The van der Waals surface area contributed by atoms with E-state index in [0.717, 1.165) is 22.4 Å². The van der Waals surface area contributed by atoms with Gasteiger partial charge in [-0.05, 0) is 36.1 Å². The van der Waals surface area contributed by atoms with Crippen LogP contribution in [0.5, 0.6) is 0 Å². The molecule has 1 aliphatic heterocycles. The molecule has 0 radical (unpaired) electrons. The molecule has 1 atom stereocenters. The minimum atomic E-state index is -0.562. The van der Waals surface area contributed by atoms with Crippen molar-refractivity contribution in [3.8, 4) is 10.4 Å². The molecule has 3 aromatic rings. The number of anilines is 2. The molecule has 1 saturated heterocycles. The molecule has 30 heavy (non-hydrogen) atoms. The summed E-state index contributed by atoms with van der Waals surface area (Å²) in [5.74, 6) is -0.252. The van der Waals surface area contributed by atoms with Crippen LogP contribution in [-0.4, -0.2) is 34.5 Å². The van der Waals surface area contributed by atoms with Gasteiger partial charge in [-0.3, -0.25) is 9.69 Å². The predicted octanol–water partition coefficient (Wildman–Crippen LogP) is 4.13. The second kappa shape index (κ2) is 8.96. The number of amides is 2. The van der Waals surface area contributed by atoms with Crippen LogP contribution in [0, 0.1) is 0 Å². The molecule has 2 heterocycles. The first kappa shape index (κ1) is 19.9. The van der Waals surface area contributed by atoms with Crippen molar-refractivity contribution < 1.29 is 14.3 Å². The Labute approximate surface area is 178 Å². The standard InChI is InChI=1S/C22H22N4O3S/c23-17-9-4-8-16(12-17)19-13-24-21(30-19)25-20(27)18-10-5-11-26(18)22(28)29-14-15-6-2-1-3-7-15/h1-4,6-9,12-13,18H,5,10-11,14,23H2,(H,24,25,27)/t18-/m0/s1. The van der Waals surface area contributed by atoms with Crippen LogP contribution in [0.3, 0.4) is 0 Å². The van der Waals surface area contributed by atoms with Gasteiger partial charge in [-0.1, -0.05) is 53.8 Å². The van der Waals surface area contributed by atoms with Crippen molar-refractivity contribution in [3.05, 3.63) is 66.4 Å². The van der Waals surface area contributed by atoms with Crippen LogP contribution in [0.2, 0.25) is 0 Å². The fraction of sp³-hybridized carbons (Fsp3) is 0.227. The Balaban J connectivity index is 1.37. The van der Waals surface area contributed by atoms with Crippen molar-refractivity contribution in [3.63, 3.8) is 0 Å². The van der Waals surface area contributed by atoms with Crippen molar-refractivity contribution in [2.75, 3.05) is 17.6 Å². The van der Waals surface area contributed by atoms with Gasteiger partial charge in [0.25, 0.3) is 0 Å². The maximum absolute atomic E-state index is 12.8. The van der Waals surface area contributed by atoms with Gasteiger partial charge in [-0.15, -0.1) is 0 Å². The SMILES string of the molecule is Nc1cccc(-c2cnc(NC(=O)[C@@H]3CCCN3C(=O)OCc3ccccc3)s2)c1. The predicted molar refractivity (Wildman–Crippen MR) is 117 cm³/mol. The number of thiazole rings is 1. The maximum atomic E-state index is 12.8. The number of benzene rings is 2. The fourth-order valence-corrected chi connectivity index (χ4v) is 4.22. The Hall–Kier alpha value is -3.39. The highest BCUT2D eigenvalue weighted by Gasteiger charge is 2.35. The van der Waals surface area contributed by atoms with E-state index in [2.05, 4.69) is 10.3 Å². The highest BCUT2D eigenvalue weighted by atomic mass is 32.1.